The van der Waals surface area contributed by atoms with Gasteiger partial charge in [-0.3, -0.25) is 4.99 Å². The molecule has 8 heteroatoms. The third kappa shape index (κ3) is 5.53. The first-order valence-electron chi connectivity index (χ1n) is 9.60. The van der Waals surface area contributed by atoms with Gasteiger partial charge in [0, 0.05) is 45.7 Å². The monoisotopic (exact) mass is 389 g/mol. The summed E-state index contributed by atoms with van der Waals surface area (Å²) in [5.41, 5.74) is 1.33. The zero-order valence-electron chi connectivity index (χ0n) is 16.4. The van der Waals surface area contributed by atoms with Crippen LogP contribution in [0.1, 0.15) is 24.2 Å². The Hall–Kier alpha value is -2.45. The molecule has 2 N–H and O–H groups in total. The molecule has 2 heterocycles. The number of ether oxygens (including phenoxy) is 2. The summed E-state index contributed by atoms with van der Waals surface area (Å²) in [6, 6.07) is 5.20. The summed E-state index contributed by atoms with van der Waals surface area (Å²) < 4.78 is 27.2. The van der Waals surface area contributed by atoms with Crippen LogP contribution < -0.4 is 10.6 Å². The number of nitrogens with zero attached hydrogens (tertiary/aromatic N) is 3. The standard InChI is InChI=1S/C20H28FN5O2/c1-15-23-8-9-26(15)19-5-4-16(12-18(19)21)13-25-20(22-2)24-7-3-10-28-17-6-11-27-14-17/h4-5,8-9,12,17H,3,6-7,10-11,13-14H2,1-2H3,(H2,22,24,25). The van der Waals surface area contributed by atoms with Gasteiger partial charge in [-0.05, 0) is 37.5 Å². The van der Waals surface area contributed by atoms with E-state index in [1.807, 2.05) is 13.0 Å². The molecule has 0 bridgehead atoms. The van der Waals surface area contributed by atoms with Gasteiger partial charge >= 0.3 is 0 Å². The maximum Gasteiger partial charge on any atom is 0.191 e. The molecular formula is C20H28FN5O2. The maximum atomic E-state index is 14.5. The molecule has 28 heavy (non-hydrogen) atoms. The van der Waals surface area contributed by atoms with Crippen molar-refractivity contribution in [2.75, 3.05) is 33.4 Å². The van der Waals surface area contributed by atoms with Crippen molar-refractivity contribution in [1.29, 1.82) is 0 Å². The molecule has 1 aromatic carbocycles. The maximum absolute atomic E-state index is 14.5. The van der Waals surface area contributed by atoms with Crippen LogP contribution in [0.2, 0.25) is 0 Å². The SMILES string of the molecule is CN=C(NCCCOC1CCOC1)NCc1ccc(-n2ccnc2C)c(F)c1. The van der Waals surface area contributed by atoms with E-state index < -0.39 is 0 Å². The van der Waals surface area contributed by atoms with E-state index in [1.165, 1.54) is 6.07 Å². The first-order valence-corrected chi connectivity index (χ1v) is 9.60. The van der Waals surface area contributed by atoms with Gasteiger partial charge in [-0.25, -0.2) is 9.37 Å². The van der Waals surface area contributed by atoms with E-state index in [2.05, 4.69) is 20.6 Å². The van der Waals surface area contributed by atoms with E-state index >= 15 is 0 Å². The van der Waals surface area contributed by atoms with Gasteiger partial charge in [-0.2, -0.15) is 0 Å². The lowest BCUT2D eigenvalue weighted by Gasteiger charge is -2.14. The van der Waals surface area contributed by atoms with Crippen molar-refractivity contribution in [2.24, 2.45) is 4.99 Å². The van der Waals surface area contributed by atoms with Crippen LogP contribution in [0.5, 0.6) is 0 Å². The largest absolute Gasteiger partial charge is 0.379 e. The van der Waals surface area contributed by atoms with Crippen LogP contribution in [-0.2, 0) is 16.0 Å². The first-order chi connectivity index (χ1) is 13.7. The number of hydrogen-bond acceptors (Lipinski definition) is 4. The summed E-state index contributed by atoms with van der Waals surface area (Å²) in [5.74, 6) is 1.15. The summed E-state index contributed by atoms with van der Waals surface area (Å²) in [6.07, 6.45) is 5.51. The molecule has 1 aliphatic rings. The Bertz CT molecular complexity index is 787. The highest BCUT2D eigenvalue weighted by Crippen LogP contribution is 2.16. The molecule has 1 fully saturated rings. The molecule has 152 valence electrons. The summed E-state index contributed by atoms with van der Waals surface area (Å²) in [5, 5.41) is 6.45. The van der Waals surface area contributed by atoms with Gasteiger partial charge in [-0.1, -0.05) is 6.07 Å². The van der Waals surface area contributed by atoms with Crippen LogP contribution in [0.4, 0.5) is 4.39 Å². The predicted molar refractivity (Wildman–Crippen MR) is 106 cm³/mol. The van der Waals surface area contributed by atoms with E-state index in [0.717, 1.165) is 37.4 Å². The third-order valence-electron chi connectivity index (χ3n) is 4.64. The van der Waals surface area contributed by atoms with Gasteiger partial charge in [0.1, 0.15) is 11.6 Å². The average Bonchev–Trinajstić information content (AvgIpc) is 3.36. The Kier molecular flexibility index (Phi) is 7.39. The highest BCUT2D eigenvalue weighted by molar-refractivity contribution is 5.79. The second-order valence-electron chi connectivity index (χ2n) is 6.69. The summed E-state index contributed by atoms with van der Waals surface area (Å²) >= 11 is 0. The number of hydrogen-bond donors (Lipinski definition) is 2. The molecule has 1 aromatic heterocycles. The highest BCUT2D eigenvalue weighted by atomic mass is 19.1. The van der Waals surface area contributed by atoms with Crippen LogP contribution in [0.25, 0.3) is 5.69 Å². The molecule has 3 rings (SSSR count). The first kappa shape index (κ1) is 20.3. The van der Waals surface area contributed by atoms with E-state index in [-0.39, 0.29) is 11.9 Å². The number of aliphatic imine (C=N–C) groups is 1. The Balaban J connectivity index is 1.42. The minimum atomic E-state index is -0.281. The van der Waals surface area contributed by atoms with Crippen molar-refractivity contribution in [1.82, 2.24) is 20.2 Å². The summed E-state index contributed by atoms with van der Waals surface area (Å²) in [4.78, 5) is 8.33. The Morgan fingerprint density at radius 2 is 2.32 bits per heavy atom. The zero-order valence-corrected chi connectivity index (χ0v) is 16.4. The lowest BCUT2D eigenvalue weighted by atomic mass is 10.2. The van der Waals surface area contributed by atoms with Crippen molar-refractivity contribution in [3.05, 3.63) is 47.8 Å². The molecule has 0 aliphatic carbocycles. The van der Waals surface area contributed by atoms with Crippen LogP contribution in [-0.4, -0.2) is 55.0 Å². The van der Waals surface area contributed by atoms with E-state index in [4.69, 9.17) is 9.47 Å². The fourth-order valence-electron chi connectivity index (χ4n) is 3.07. The molecule has 1 atom stereocenters. The van der Waals surface area contributed by atoms with Gasteiger partial charge in [0.25, 0.3) is 0 Å². The fourth-order valence-corrected chi connectivity index (χ4v) is 3.07. The smallest absolute Gasteiger partial charge is 0.191 e. The zero-order chi connectivity index (χ0) is 19.8. The van der Waals surface area contributed by atoms with Gasteiger partial charge in [0.15, 0.2) is 5.96 Å². The van der Waals surface area contributed by atoms with Gasteiger partial charge in [0.05, 0.1) is 18.4 Å². The van der Waals surface area contributed by atoms with Crippen molar-refractivity contribution in [3.63, 3.8) is 0 Å². The number of imidazole rings is 1. The summed E-state index contributed by atoms with van der Waals surface area (Å²) in [7, 11) is 1.72. The highest BCUT2D eigenvalue weighted by Gasteiger charge is 2.15. The van der Waals surface area contributed by atoms with E-state index in [9.17, 15) is 4.39 Å². The van der Waals surface area contributed by atoms with E-state index in [0.29, 0.717) is 31.4 Å². The van der Waals surface area contributed by atoms with Crippen LogP contribution >= 0.6 is 0 Å². The lowest BCUT2D eigenvalue weighted by molar-refractivity contribution is 0.0420. The number of aromatic nitrogens is 2. The quantitative estimate of drug-likeness (QED) is 0.411. The van der Waals surface area contributed by atoms with Crippen molar-refractivity contribution in [3.8, 4) is 5.69 Å². The molecule has 1 aliphatic heterocycles. The molecule has 0 saturated carbocycles. The molecule has 0 amide bonds. The number of halogens is 1. The number of benzene rings is 1. The Morgan fingerprint density at radius 3 is 3.00 bits per heavy atom. The second-order valence-corrected chi connectivity index (χ2v) is 6.69. The second kappa shape index (κ2) is 10.2. The normalized spacial score (nSPS) is 17.1. The average molecular weight is 389 g/mol. The van der Waals surface area contributed by atoms with Crippen molar-refractivity contribution >= 4 is 5.96 Å². The number of guanidine groups is 1. The van der Waals surface area contributed by atoms with E-state index in [1.54, 1.807) is 30.1 Å². The number of aryl methyl sites for hydroxylation is 1. The molecule has 1 unspecified atom stereocenters. The topological polar surface area (TPSA) is 72.7 Å². The molecule has 1 saturated heterocycles. The Morgan fingerprint density at radius 1 is 1.43 bits per heavy atom. The summed E-state index contributed by atoms with van der Waals surface area (Å²) in [6.45, 7) is 5.26. The third-order valence-corrected chi connectivity index (χ3v) is 4.64. The fraction of sp³-hybridized carbons (Fsp3) is 0.500. The molecule has 7 nitrogen and oxygen atoms in total. The van der Waals surface area contributed by atoms with Gasteiger partial charge < -0.3 is 24.7 Å². The van der Waals surface area contributed by atoms with Crippen LogP contribution in [0.3, 0.4) is 0 Å². The lowest BCUT2D eigenvalue weighted by Crippen LogP contribution is -2.37. The van der Waals surface area contributed by atoms with Crippen molar-refractivity contribution in [2.45, 2.75) is 32.4 Å². The van der Waals surface area contributed by atoms with Crippen LogP contribution in [0, 0.1) is 12.7 Å². The number of rotatable bonds is 8. The molecule has 0 spiro atoms. The minimum Gasteiger partial charge on any atom is -0.379 e. The van der Waals surface area contributed by atoms with Gasteiger partial charge in [0.2, 0.25) is 0 Å². The van der Waals surface area contributed by atoms with Crippen molar-refractivity contribution < 1.29 is 13.9 Å². The minimum absolute atomic E-state index is 0.237. The predicted octanol–water partition coefficient (Wildman–Crippen LogP) is 2.18. The Labute approximate surface area is 165 Å². The van der Waals surface area contributed by atoms with Gasteiger partial charge in [-0.15, -0.1) is 0 Å². The molecular weight excluding hydrogens is 361 g/mol. The molecule has 0 radical (unpaired) electrons. The molecule has 2 aromatic rings. The van der Waals surface area contributed by atoms with Crippen LogP contribution in [0.15, 0.2) is 35.6 Å². The number of nitrogens with one attached hydrogen (secondary N) is 2.